The van der Waals surface area contributed by atoms with Gasteiger partial charge in [-0.1, -0.05) is 0 Å². The summed E-state index contributed by atoms with van der Waals surface area (Å²) in [5.41, 5.74) is 1.10. The minimum Gasteiger partial charge on any atom is -0.489 e. The normalized spacial score (nSPS) is 10.1. The molecule has 0 saturated heterocycles. The molecule has 1 aromatic carbocycles. The molecule has 0 bridgehead atoms. The van der Waals surface area contributed by atoms with Crippen molar-refractivity contribution in [2.75, 3.05) is 18.6 Å². The number of aromatic nitrogens is 1. The molecule has 2 aromatic rings. The van der Waals surface area contributed by atoms with Gasteiger partial charge >= 0.3 is 0 Å². The second kappa shape index (κ2) is 6.31. The van der Waals surface area contributed by atoms with Crippen LogP contribution in [0.5, 0.6) is 5.75 Å². The summed E-state index contributed by atoms with van der Waals surface area (Å²) in [7, 11) is 1.86. The molecule has 0 aliphatic rings. The number of nitrogens with one attached hydrogen (secondary N) is 1. The van der Waals surface area contributed by atoms with Crippen LogP contribution in [0, 0.1) is 0 Å². The third kappa shape index (κ3) is 3.40. The standard InChI is InChI=1S/C14H16N2OS/c1-15-14-9-11(7-8-16-14)10-17-12-3-5-13(18-2)6-4-12/h3-9H,10H2,1-2H3,(H,15,16). The molecule has 2 rings (SSSR count). The van der Waals surface area contributed by atoms with E-state index in [0.717, 1.165) is 17.1 Å². The monoisotopic (exact) mass is 260 g/mol. The highest BCUT2D eigenvalue weighted by Crippen LogP contribution is 2.20. The second-order valence-electron chi connectivity index (χ2n) is 3.76. The summed E-state index contributed by atoms with van der Waals surface area (Å²) in [5.74, 6) is 1.74. The van der Waals surface area contributed by atoms with Gasteiger partial charge in [0.2, 0.25) is 0 Å². The van der Waals surface area contributed by atoms with Gasteiger partial charge in [-0.2, -0.15) is 0 Å². The third-order valence-electron chi connectivity index (χ3n) is 2.55. The highest BCUT2D eigenvalue weighted by molar-refractivity contribution is 7.98. The van der Waals surface area contributed by atoms with Gasteiger partial charge in [0, 0.05) is 18.1 Å². The van der Waals surface area contributed by atoms with E-state index in [-0.39, 0.29) is 0 Å². The van der Waals surface area contributed by atoms with E-state index in [4.69, 9.17) is 4.74 Å². The van der Waals surface area contributed by atoms with Crippen LogP contribution < -0.4 is 10.1 Å². The maximum atomic E-state index is 5.73. The van der Waals surface area contributed by atoms with Crippen LogP contribution in [0.4, 0.5) is 5.82 Å². The van der Waals surface area contributed by atoms with Gasteiger partial charge in [0.15, 0.2) is 0 Å². The number of hydrogen-bond donors (Lipinski definition) is 1. The average Bonchev–Trinajstić information content (AvgIpc) is 2.46. The number of thioether (sulfide) groups is 1. The lowest BCUT2D eigenvalue weighted by Crippen LogP contribution is -1.98. The molecule has 0 aliphatic carbocycles. The van der Waals surface area contributed by atoms with Crippen molar-refractivity contribution >= 4 is 17.6 Å². The summed E-state index contributed by atoms with van der Waals surface area (Å²) in [6, 6.07) is 12.0. The van der Waals surface area contributed by atoms with Crippen molar-refractivity contribution in [1.29, 1.82) is 0 Å². The molecule has 3 nitrogen and oxygen atoms in total. The molecule has 0 fully saturated rings. The molecule has 1 heterocycles. The van der Waals surface area contributed by atoms with Gasteiger partial charge in [0.1, 0.15) is 18.2 Å². The van der Waals surface area contributed by atoms with E-state index in [1.807, 2.05) is 31.3 Å². The summed E-state index contributed by atoms with van der Waals surface area (Å²) in [5, 5.41) is 3.01. The van der Waals surface area contributed by atoms with E-state index in [9.17, 15) is 0 Å². The lowest BCUT2D eigenvalue weighted by Gasteiger charge is -2.07. The van der Waals surface area contributed by atoms with Crippen LogP contribution in [0.1, 0.15) is 5.56 Å². The van der Waals surface area contributed by atoms with Crippen LogP contribution >= 0.6 is 11.8 Å². The van der Waals surface area contributed by atoms with Crippen molar-refractivity contribution in [2.45, 2.75) is 11.5 Å². The Bertz CT molecular complexity index is 499. The molecule has 0 amide bonds. The maximum absolute atomic E-state index is 5.73. The fourth-order valence-electron chi connectivity index (χ4n) is 1.54. The number of benzene rings is 1. The number of anilines is 1. The second-order valence-corrected chi connectivity index (χ2v) is 4.64. The fraction of sp³-hybridized carbons (Fsp3) is 0.214. The molecule has 94 valence electrons. The van der Waals surface area contributed by atoms with E-state index < -0.39 is 0 Å². The molecule has 1 aromatic heterocycles. The summed E-state index contributed by atoms with van der Waals surface area (Å²) in [6.45, 7) is 0.551. The predicted molar refractivity (Wildman–Crippen MR) is 76.3 cm³/mol. The van der Waals surface area contributed by atoms with Gasteiger partial charge in [-0.3, -0.25) is 0 Å². The summed E-state index contributed by atoms with van der Waals surface area (Å²) in [4.78, 5) is 5.41. The lowest BCUT2D eigenvalue weighted by molar-refractivity contribution is 0.306. The smallest absolute Gasteiger partial charge is 0.126 e. The molecular weight excluding hydrogens is 244 g/mol. The molecule has 4 heteroatoms. The van der Waals surface area contributed by atoms with Crippen molar-refractivity contribution in [3.63, 3.8) is 0 Å². The van der Waals surface area contributed by atoms with Crippen LogP contribution in [0.3, 0.4) is 0 Å². The Balaban J connectivity index is 1.97. The molecule has 1 N–H and O–H groups in total. The number of nitrogens with zero attached hydrogens (tertiary/aromatic N) is 1. The van der Waals surface area contributed by atoms with Crippen molar-refractivity contribution in [3.05, 3.63) is 48.2 Å². The zero-order valence-electron chi connectivity index (χ0n) is 10.5. The first-order chi connectivity index (χ1) is 8.81. The number of hydrogen-bond acceptors (Lipinski definition) is 4. The number of rotatable bonds is 5. The van der Waals surface area contributed by atoms with Crippen LogP contribution in [0.25, 0.3) is 0 Å². The molecule has 0 radical (unpaired) electrons. The molecule has 18 heavy (non-hydrogen) atoms. The predicted octanol–water partition coefficient (Wildman–Crippen LogP) is 3.42. The molecular formula is C14H16N2OS. The Morgan fingerprint density at radius 1 is 1.22 bits per heavy atom. The molecule has 0 spiro atoms. The van der Waals surface area contributed by atoms with Gasteiger partial charge < -0.3 is 10.1 Å². The van der Waals surface area contributed by atoms with Crippen LogP contribution in [0.15, 0.2) is 47.5 Å². The maximum Gasteiger partial charge on any atom is 0.126 e. The minimum absolute atomic E-state index is 0.551. The van der Waals surface area contributed by atoms with Crippen molar-refractivity contribution in [3.8, 4) is 5.75 Å². The third-order valence-corrected chi connectivity index (χ3v) is 3.29. The van der Waals surface area contributed by atoms with Crippen molar-refractivity contribution in [2.24, 2.45) is 0 Å². The fourth-order valence-corrected chi connectivity index (χ4v) is 1.95. The first-order valence-electron chi connectivity index (χ1n) is 5.71. The van der Waals surface area contributed by atoms with E-state index in [1.165, 1.54) is 4.90 Å². The molecule has 0 atom stereocenters. The van der Waals surface area contributed by atoms with Gasteiger partial charge in [-0.15, -0.1) is 11.8 Å². The highest BCUT2D eigenvalue weighted by Gasteiger charge is 1.98. The van der Waals surface area contributed by atoms with Crippen LogP contribution in [-0.4, -0.2) is 18.3 Å². The summed E-state index contributed by atoms with van der Waals surface area (Å²) < 4.78 is 5.73. The molecule has 0 aliphatic heterocycles. The van der Waals surface area contributed by atoms with Crippen LogP contribution in [-0.2, 0) is 6.61 Å². The van der Waals surface area contributed by atoms with Gasteiger partial charge in [0.05, 0.1) is 0 Å². The Kier molecular flexibility index (Phi) is 4.47. The van der Waals surface area contributed by atoms with E-state index in [1.54, 1.807) is 18.0 Å². The zero-order chi connectivity index (χ0) is 12.8. The topological polar surface area (TPSA) is 34.1 Å². The van der Waals surface area contributed by atoms with Crippen molar-refractivity contribution < 1.29 is 4.74 Å². The van der Waals surface area contributed by atoms with Gasteiger partial charge in [-0.25, -0.2) is 4.98 Å². The highest BCUT2D eigenvalue weighted by atomic mass is 32.2. The molecule has 0 unspecified atom stereocenters. The van der Waals surface area contributed by atoms with E-state index in [0.29, 0.717) is 6.61 Å². The molecule has 0 saturated carbocycles. The Labute approximate surface area is 112 Å². The first kappa shape index (κ1) is 12.8. The number of pyridine rings is 1. The Morgan fingerprint density at radius 3 is 2.67 bits per heavy atom. The Hall–Kier alpha value is -1.68. The lowest BCUT2D eigenvalue weighted by atomic mass is 10.3. The summed E-state index contributed by atoms with van der Waals surface area (Å²) >= 11 is 1.72. The van der Waals surface area contributed by atoms with Crippen molar-refractivity contribution in [1.82, 2.24) is 4.98 Å². The van der Waals surface area contributed by atoms with Crippen LogP contribution in [0.2, 0.25) is 0 Å². The van der Waals surface area contributed by atoms with E-state index >= 15 is 0 Å². The first-order valence-corrected chi connectivity index (χ1v) is 6.94. The number of ether oxygens (including phenoxy) is 1. The van der Waals surface area contributed by atoms with Gasteiger partial charge in [-0.05, 0) is 48.2 Å². The summed E-state index contributed by atoms with van der Waals surface area (Å²) in [6.07, 6.45) is 3.84. The quantitative estimate of drug-likeness (QED) is 0.835. The average molecular weight is 260 g/mol. The largest absolute Gasteiger partial charge is 0.489 e. The van der Waals surface area contributed by atoms with Gasteiger partial charge in [0.25, 0.3) is 0 Å². The van der Waals surface area contributed by atoms with E-state index in [2.05, 4.69) is 28.7 Å². The Morgan fingerprint density at radius 2 is 2.00 bits per heavy atom. The SMILES string of the molecule is CNc1cc(COc2ccc(SC)cc2)ccn1. The minimum atomic E-state index is 0.551. The zero-order valence-corrected chi connectivity index (χ0v) is 11.3.